The molecule has 0 atom stereocenters. The van der Waals surface area contributed by atoms with E-state index in [0.717, 1.165) is 12.1 Å². The zero-order valence-electron chi connectivity index (χ0n) is 51.7. The number of alkyl halides is 12. The van der Waals surface area contributed by atoms with E-state index in [1.54, 1.807) is 80.5 Å². The topological polar surface area (TPSA) is 99.3 Å². The Morgan fingerprint density at radius 2 is 0.677 bits per heavy atom. The van der Waals surface area contributed by atoms with Crippen LogP contribution in [-0.4, -0.2) is 17.8 Å². The van der Waals surface area contributed by atoms with Gasteiger partial charge in [0.05, 0.1) is 50.3 Å². The second-order valence-corrected chi connectivity index (χ2v) is 25.1. The molecule has 0 aliphatic heterocycles. The molecule has 7 aromatic rings. The molecule has 7 nitrogen and oxygen atoms in total. The van der Waals surface area contributed by atoms with E-state index >= 15 is 13.2 Å². The zero-order valence-corrected chi connectivity index (χ0v) is 51.7. The third kappa shape index (κ3) is 18.3. The number of halogens is 15. The van der Waals surface area contributed by atoms with Gasteiger partial charge in [0.15, 0.2) is 17.5 Å². The lowest BCUT2D eigenvalue weighted by Gasteiger charge is -2.20. The quantitative estimate of drug-likeness (QED) is 0.0901. The lowest BCUT2D eigenvalue weighted by atomic mass is 9.84. The lowest BCUT2D eigenvalue weighted by Crippen LogP contribution is -2.21. The summed E-state index contributed by atoms with van der Waals surface area (Å²) < 4.78 is 218. The Bertz CT molecular complexity index is 4090. The summed E-state index contributed by atoms with van der Waals surface area (Å²) in [6.07, 6.45) is -21.6. The van der Waals surface area contributed by atoms with E-state index < -0.39 is 134 Å². The van der Waals surface area contributed by atoms with Crippen LogP contribution in [0.4, 0.5) is 98.2 Å². The first-order chi connectivity index (χ1) is 42.7. The molecule has 0 heterocycles. The van der Waals surface area contributed by atoms with Crippen molar-refractivity contribution in [3.8, 4) is 35.5 Å². The Morgan fingerprint density at radius 1 is 0.355 bits per heavy atom. The fraction of sp³-hybridized carbons (Fsp3) is 0.282. The van der Waals surface area contributed by atoms with Crippen molar-refractivity contribution in [3.05, 3.63) is 221 Å². The number of urea groups is 2. The second-order valence-electron chi connectivity index (χ2n) is 25.1. The van der Waals surface area contributed by atoms with Gasteiger partial charge in [-0.3, -0.25) is 4.79 Å². The Morgan fingerprint density at radius 3 is 1.02 bits per heavy atom. The van der Waals surface area contributed by atoms with Crippen LogP contribution in [0.2, 0.25) is 0 Å². The van der Waals surface area contributed by atoms with Crippen molar-refractivity contribution in [2.45, 2.75) is 130 Å². The summed E-state index contributed by atoms with van der Waals surface area (Å²) in [5.74, 6) is 8.94. The van der Waals surface area contributed by atoms with Gasteiger partial charge in [0.1, 0.15) is 5.78 Å². The summed E-state index contributed by atoms with van der Waals surface area (Å²) >= 11 is 0. The van der Waals surface area contributed by atoms with Gasteiger partial charge in [0.25, 0.3) is 0 Å². The van der Waals surface area contributed by atoms with Gasteiger partial charge < -0.3 is 21.3 Å². The summed E-state index contributed by atoms with van der Waals surface area (Å²) in [6, 6.07) is 17.4. The number of aryl methyl sites for hydroxylation is 2. The second kappa shape index (κ2) is 26.5. The minimum absolute atomic E-state index is 0.00320. The molecular weight excluding hydrogens is 1240 g/mol. The van der Waals surface area contributed by atoms with Gasteiger partial charge in [-0.15, -0.1) is 0 Å². The molecule has 4 N–H and O–H groups in total. The number of Topliss-reactive ketones (excluding diaryl/α,β-unsaturated/α-hetero) is 1. The molecule has 0 radical (unpaired) electrons. The number of carbonyl (C=O) groups excluding carboxylic acids is 3. The van der Waals surface area contributed by atoms with E-state index in [-0.39, 0.29) is 62.2 Å². The van der Waals surface area contributed by atoms with Gasteiger partial charge in [-0.2, -0.15) is 52.7 Å². The van der Waals surface area contributed by atoms with Gasteiger partial charge in [0.2, 0.25) is 0 Å². The lowest BCUT2D eigenvalue weighted by molar-refractivity contribution is -0.143. The molecule has 0 bridgehead atoms. The van der Waals surface area contributed by atoms with Gasteiger partial charge in [-0.25, -0.2) is 22.8 Å². The van der Waals surface area contributed by atoms with Crippen LogP contribution in [0.3, 0.4) is 0 Å². The van der Waals surface area contributed by atoms with Crippen LogP contribution in [0.25, 0.3) is 0 Å². The number of ketones is 1. The molecule has 486 valence electrons. The summed E-state index contributed by atoms with van der Waals surface area (Å²) in [5, 5.41) is 9.65. The van der Waals surface area contributed by atoms with Crippen LogP contribution in [0.15, 0.2) is 109 Å². The number of hydrogen-bond acceptors (Lipinski definition) is 3. The van der Waals surface area contributed by atoms with Crippen LogP contribution in [0.1, 0.15) is 157 Å². The minimum Gasteiger partial charge on any atom is -0.308 e. The number of benzene rings is 7. The highest BCUT2D eigenvalue weighted by molar-refractivity contribution is 6.01. The molecule has 0 unspecified atom stereocenters. The van der Waals surface area contributed by atoms with E-state index in [1.165, 1.54) is 62.4 Å². The molecule has 22 heteroatoms. The number of carbonyl (C=O) groups is 3. The number of anilines is 4. The van der Waals surface area contributed by atoms with E-state index in [1.807, 2.05) is 0 Å². The number of nitrogens with one attached hydrogen (secondary N) is 4. The molecule has 93 heavy (non-hydrogen) atoms. The van der Waals surface area contributed by atoms with Crippen molar-refractivity contribution in [3.63, 3.8) is 0 Å². The number of hydrogen-bond donors (Lipinski definition) is 4. The van der Waals surface area contributed by atoms with E-state index in [0.29, 0.717) is 41.0 Å². The molecule has 0 aliphatic rings. The van der Waals surface area contributed by atoms with Crippen molar-refractivity contribution in [1.82, 2.24) is 0 Å². The van der Waals surface area contributed by atoms with Crippen LogP contribution >= 0.6 is 0 Å². The van der Waals surface area contributed by atoms with Crippen molar-refractivity contribution in [2.24, 2.45) is 0 Å². The Labute approximate surface area is 527 Å². The van der Waals surface area contributed by atoms with Crippen LogP contribution in [-0.2, 0) is 58.6 Å². The smallest absolute Gasteiger partial charge is 0.308 e. The van der Waals surface area contributed by atoms with Crippen molar-refractivity contribution in [2.75, 3.05) is 21.3 Å². The average molecular weight is 1300 g/mol. The maximum Gasteiger partial charge on any atom is 0.416 e. The normalized spacial score (nSPS) is 12.2. The van der Waals surface area contributed by atoms with Gasteiger partial charge in [0, 0.05) is 40.9 Å². The molecule has 7 rings (SSSR count). The fourth-order valence-corrected chi connectivity index (χ4v) is 9.37. The number of amides is 4. The van der Waals surface area contributed by atoms with Gasteiger partial charge >= 0.3 is 36.8 Å². The molecule has 0 aromatic heterocycles. The number of rotatable bonds is 8. The molecule has 7 aromatic carbocycles. The average Bonchev–Trinajstić information content (AvgIpc) is 0.818. The molecule has 0 aliphatic carbocycles. The van der Waals surface area contributed by atoms with Crippen molar-refractivity contribution >= 4 is 40.6 Å². The molecule has 4 amide bonds. The Kier molecular flexibility index (Phi) is 20.2. The maximum atomic E-state index is 17.4. The highest BCUT2D eigenvalue weighted by Gasteiger charge is 2.38. The summed E-state index contributed by atoms with van der Waals surface area (Å²) in [4.78, 5) is 40.7. The van der Waals surface area contributed by atoms with Crippen LogP contribution in [0.5, 0.6) is 0 Å². The first kappa shape index (κ1) is 70.8. The fourth-order valence-electron chi connectivity index (χ4n) is 9.37. The van der Waals surface area contributed by atoms with Crippen molar-refractivity contribution in [1.29, 1.82) is 0 Å². The first-order valence-corrected chi connectivity index (χ1v) is 28.3. The van der Waals surface area contributed by atoms with E-state index in [9.17, 15) is 67.1 Å². The molecule has 0 saturated heterocycles. The van der Waals surface area contributed by atoms with E-state index in [2.05, 4.69) is 56.8 Å². The summed E-state index contributed by atoms with van der Waals surface area (Å²) in [5.41, 5.74) is -10.7. The zero-order chi connectivity index (χ0) is 69.3. The first-order valence-electron chi connectivity index (χ1n) is 28.3. The largest absolute Gasteiger partial charge is 0.416 e. The summed E-state index contributed by atoms with van der Waals surface area (Å²) in [7, 11) is 0. The third-order valence-electron chi connectivity index (χ3n) is 14.3. The highest BCUT2D eigenvalue weighted by Crippen LogP contribution is 2.39. The van der Waals surface area contributed by atoms with Gasteiger partial charge in [-0.05, 0) is 154 Å². The standard InChI is InChI=1S/C71H59F15N4O3/c1-38-24-48(68(75,76)77)36-52(26-38)87-63(92)89-58-22-17-46(66(6,7)8)32-43(58)14-20-56-60(72)55(19-13-41-31-45(65(3,4)5)16-12-42(41)34-54(91)30-40-28-50(70(81,82)83)35-51(29-40)71(84,85)86)61(73)57(62(56)74)21-15-44-33-47(67(9,10)11)18-23-59(44)90-64(93)88-53-27-39(2)25-49(37-53)69(78,79)80/h12,16-18,22-29,31-33,35-37H,30,34H2,1-11H3,(H2,87,89,92)(H2,88,90,93). The molecular formula is C71H59F15N4O3. The molecule has 0 saturated carbocycles. The highest BCUT2D eigenvalue weighted by atomic mass is 19.4. The Hall–Kier alpha value is -9.62. The SMILES string of the molecule is Cc1cc(NC(=O)Nc2ccc(C(C)(C)C)cc2C#Cc2c(F)c(C#Cc3cc(C(C)(C)C)ccc3CC(=O)Cc3cc(C(F)(F)F)cc(C(F)(F)F)c3)c(F)c(C#Cc3cc(C(C)(C)C)ccc3NC(=O)Nc3cc(C)cc(C(F)(F)F)c3)c2F)cc(C(F)(F)F)c1. The Balaban J connectivity index is 1.42. The maximum absolute atomic E-state index is 17.4. The molecule has 0 spiro atoms. The van der Waals surface area contributed by atoms with Crippen LogP contribution in [0, 0.1) is 66.8 Å². The predicted molar refractivity (Wildman–Crippen MR) is 326 cm³/mol. The van der Waals surface area contributed by atoms with Gasteiger partial charge in [-0.1, -0.05) is 122 Å². The monoisotopic (exact) mass is 1300 g/mol. The van der Waals surface area contributed by atoms with E-state index in [4.69, 9.17) is 0 Å². The molecule has 0 fully saturated rings. The third-order valence-corrected chi connectivity index (χ3v) is 14.3. The predicted octanol–water partition coefficient (Wildman–Crippen LogP) is 19.5. The van der Waals surface area contributed by atoms with Crippen molar-refractivity contribution < 1.29 is 80.2 Å². The minimum atomic E-state index is -5.22. The summed E-state index contributed by atoms with van der Waals surface area (Å²) in [6.45, 7) is 18.9. The van der Waals surface area contributed by atoms with Crippen LogP contribution < -0.4 is 21.3 Å².